The second kappa shape index (κ2) is 6.99. The Bertz CT molecular complexity index is 780. The fourth-order valence-electron chi connectivity index (χ4n) is 3.19. The van der Waals surface area contributed by atoms with E-state index in [4.69, 9.17) is 4.74 Å². The molecule has 1 aliphatic carbocycles. The Kier molecular flexibility index (Phi) is 4.79. The quantitative estimate of drug-likeness (QED) is 0.877. The molecule has 2 aromatic rings. The minimum Gasteiger partial charge on any atom is -0.452 e. The fourth-order valence-corrected chi connectivity index (χ4v) is 3.19. The summed E-state index contributed by atoms with van der Waals surface area (Å²) in [5.74, 6) is -0.723. The molecule has 0 atom stereocenters. The second-order valence-corrected chi connectivity index (χ2v) is 6.46. The molecule has 0 spiro atoms. The highest BCUT2D eigenvalue weighted by Gasteiger charge is 2.19. The van der Waals surface area contributed by atoms with Crippen LogP contribution in [0.2, 0.25) is 0 Å². The number of benzene rings is 1. The zero-order valence-corrected chi connectivity index (χ0v) is 14.1. The van der Waals surface area contributed by atoms with Crippen LogP contribution in [0.1, 0.15) is 47.3 Å². The minimum absolute atomic E-state index is 0.225. The van der Waals surface area contributed by atoms with Gasteiger partial charge in [0.05, 0.1) is 11.1 Å². The van der Waals surface area contributed by atoms with Crippen LogP contribution in [0.25, 0.3) is 10.9 Å². The van der Waals surface area contributed by atoms with E-state index >= 15 is 0 Å². The van der Waals surface area contributed by atoms with Gasteiger partial charge in [0.2, 0.25) is 0 Å². The molecule has 0 aliphatic heterocycles. The van der Waals surface area contributed by atoms with Crippen LogP contribution >= 0.6 is 0 Å². The topological polar surface area (TPSA) is 68.3 Å². The van der Waals surface area contributed by atoms with Crippen LogP contribution in [0.4, 0.5) is 0 Å². The fraction of sp³-hybridized carbons (Fsp3) is 0.421. The lowest BCUT2D eigenvalue weighted by Crippen LogP contribution is -2.35. The summed E-state index contributed by atoms with van der Waals surface area (Å²) in [5.41, 5.74) is 2.99. The smallest absolute Gasteiger partial charge is 0.339 e. The Morgan fingerprint density at radius 1 is 1.21 bits per heavy atom. The average molecular weight is 326 g/mol. The van der Waals surface area contributed by atoms with Gasteiger partial charge in [-0.05, 0) is 44.9 Å². The van der Waals surface area contributed by atoms with Crippen LogP contribution in [0.3, 0.4) is 0 Å². The number of fused-ring (bicyclic) bond motifs is 1. The van der Waals surface area contributed by atoms with Crippen molar-refractivity contribution in [1.29, 1.82) is 0 Å². The number of hydrogen-bond donors (Lipinski definition) is 1. The Hall–Kier alpha value is -2.43. The van der Waals surface area contributed by atoms with Gasteiger partial charge < -0.3 is 10.1 Å². The standard InChI is InChI=1S/C19H22N2O3/c1-12-7-8-17-15(9-12)16(10-13(2)20-17)19(23)24-11-18(22)21-14-5-3-4-6-14/h7-10,14H,3-6,11H2,1-2H3,(H,21,22). The van der Waals surface area contributed by atoms with Crippen LogP contribution in [0.5, 0.6) is 0 Å². The van der Waals surface area contributed by atoms with E-state index in [-0.39, 0.29) is 18.6 Å². The number of carbonyl (C=O) groups excluding carboxylic acids is 2. The Balaban J connectivity index is 1.71. The van der Waals surface area contributed by atoms with Crippen molar-refractivity contribution in [2.45, 2.75) is 45.6 Å². The van der Waals surface area contributed by atoms with Gasteiger partial charge in [-0.2, -0.15) is 0 Å². The van der Waals surface area contributed by atoms with Crippen LogP contribution < -0.4 is 5.32 Å². The first-order valence-corrected chi connectivity index (χ1v) is 8.37. The number of aryl methyl sites for hydroxylation is 2. The van der Waals surface area contributed by atoms with Gasteiger partial charge in [-0.15, -0.1) is 0 Å². The Morgan fingerprint density at radius 2 is 1.96 bits per heavy atom. The predicted molar refractivity (Wildman–Crippen MR) is 91.9 cm³/mol. The van der Waals surface area contributed by atoms with Gasteiger partial charge in [-0.25, -0.2) is 4.79 Å². The molecule has 1 amide bonds. The predicted octanol–water partition coefficient (Wildman–Crippen LogP) is 3.07. The Morgan fingerprint density at radius 3 is 2.71 bits per heavy atom. The summed E-state index contributed by atoms with van der Waals surface area (Å²) < 4.78 is 5.22. The molecule has 5 heteroatoms. The highest BCUT2D eigenvalue weighted by atomic mass is 16.5. The third-order valence-corrected chi connectivity index (χ3v) is 4.37. The lowest BCUT2D eigenvalue weighted by molar-refractivity contribution is -0.124. The van der Waals surface area contributed by atoms with Crippen molar-refractivity contribution >= 4 is 22.8 Å². The van der Waals surface area contributed by atoms with E-state index in [1.54, 1.807) is 6.07 Å². The number of esters is 1. The maximum absolute atomic E-state index is 12.4. The maximum Gasteiger partial charge on any atom is 0.339 e. The number of amides is 1. The van der Waals surface area contributed by atoms with Gasteiger partial charge in [-0.3, -0.25) is 9.78 Å². The van der Waals surface area contributed by atoms with Crippen molar-refractivity contribution in [3.05, 3.63) is 41.1 Å². The number of carbonyl (C=O) groups is 2. The molecule has 3 rings (SSSR count). The first-order valence-electron chi connectivity index (χ1n) is 8.37. The van der Waals surface area contributed by atoms with E-state index in [1.807, 2.05) is 32.0 Å². The molecule has 1 aromatic carbocycles. The van der Waals surface area contributed by atoms with Crippen molar-refractivity contribution in [3.8, 4) is 0 Å². The van der Waals surface area contributed by atoms with Gasteiger partial charge >= 0.3 is 5.97 Å². The van der Waals surface area contributed by atoms with E-state index in [2.05, 4.69) is 10.3 Å². The number of nitrogens with one attached hydrogen (secondary N) is 1. The number of hydrogen-bond acceptors (Lipinski definition) is 4. The van der Waals surface area contributed by atoms with Gasteiger partial charge in [0, 0.05) is 17.1 Å². The summed E-state index contributed by atoms with van der Waals surface area (Å²) >= 11 is 0. The molecule has 1 saturated carbocycles. The molecule has 24 heavy (non-hydrogen) atoms. The zero-order chi connectivity index (χ0) is 17.1. The average Bonchev–Trinajstić information content (AvgIpc) is 3.05. The highest BCUT2D eigenvalue weighted by Crippen LogP contribution is 2.21. The summed E-state index contributed by atoms with van der Waals surface area (Å²) in [7, 11) is 0. The number of rotatable bonds is 4. The minimum atomic E-state index is -0.488. The molecule has 1 aliphatic rings. The monoisotopic (exact) mass is 326 g/mol. The van der Waals surface area contributed by atoms with Crippen LogP contribution in [-0.2, 0) is 9.53 Å². The summed E-state index contributed by atoms with van der Waals surface area (Å²) in [6, 6.07) is 7.69. The van der Waals surface area contributed by atoms with Gasteiger partial charge in [0.15, 0.2) is 6.61 Å². The van der Waals surface area contributed by atoms with E-state index in [9.17, 15) is 9.59 Å². The van der Waals surface area contributed by atoms with Crippen molar-refractivity contribution < 1.29 is 14.3 Å². The largest absolute Gasteiger partial charge is 0.452 e. The molecule has 1 aromatic heterocycles. The summed E-state index contributed by atoms with van der Waals surface area (Å²) in [5, 5.41) is 3.67. The number of pyridine rings is 1. The molecule has 5 nitrogen and oxygen atoms in total. The van der Waals surface area contributed by atoms with E-state index in [1.165, 1.54) is 0 Å². The van der Waals surface area contributed by atoms with E-state index in [0.29, 0.717) is 5.56 Å². The van der Waals surface area contributed by atoms with Crippen LogP contribution in [-0.4, -0.2) is 29.5 Å². The van der Waals surface area contributed by atoms with Crippen molar-refractivity contribution in [2.75, 3.05) is 6.61 Å². The summed E-state index contributed by atoms with van der Waals surface area (Å²) in [6.07, 6.45) is 4.30. The Labute approximate surface area is 141 Å². The molecule has 0 saturated heterocycles. The normalized spacial score (nSPS) is 14.8. The van der Waals surface area contributed by atoms with Crippen molar-refractivity contribution in [3.63, 3.8) is 0 Å². The molecular weight excluding hydrogens is 304 g/mol. The van der Waals surface area contributed by atoms with Crippen molar-refractivity contribution in [2.24, 2.45) is 0 Å². The third kappa shape index (κ3) is 3.72. The van der Waals surface area contributed by atoms with Gasteiger partial charge in [0.1, 0.15) is 0 Å². The lowest BCUT2D eigenvalue weighted by Gasteiger charge is -2.12. The van der Waals surface area contributed by atoms with Gasteiger partial charge in [-0.1, -0.05) is 24.5 Å². The van der Waals surface area contributed by atoms with Crippen LogP contribution in [0, 0.1) is 13.8 Å². The van der Waals surface area contributed by atoms with E-state index < -0.39 is 5.97 Å². The van der Waals surface area contributed by atoms with Gasteiger partial charge in [0.25, 0.3) is 5.91 Å². The first kappa shape index (κ1) is 16.4. The highest BCUT2D eigenvalue weighted by molar-refractivity contribution is 6.04. The summed E-state index contributed by atoms with van der Waals surface area (Å²) in [6.45, 7) is 3.55. The zero-order valence-electron chi connectivity index (χ0n) is 14.1. The van der Waals surface area contributed by atoms with Crippen LogP contribution in [0.15, 0.2) is 24.3 Å². The maximum atomic E-state index is 12.4. The molecule has 1 heterocycles. The second-order valence-electron chi connectivity index (χ2n) is 6.46. The van der Waals surface area contributed by atoms with E-state index in [0.717, 1.165) is 47.8 Å². The molecular formula is C19H22N2O3. The molecule has 0 radical (unpaired) electrons. The van der Waals surface area contributed by atoms with Crippen molar-refractivity contribution in [1.82, 2.24) is 10.3 Å². The molecule has 126 valence electrons. The lowest BCUT2D eigenvalue weighted by atomic mass is 10.1. The number of ether oxygens (including phenoxy) is 1. The SMILES string of the molecule is Cc1ccc2nc(C)cc(C(=O)OCC(=O)NC3CCCC3)c2c1. The third-order valence-electron chi connectivity index (χ3n) is 4.37. The molecule has 0 bridgehead atoms. The molecule has 0 unspecified atom stereocenters. The first-order chi connectivity index (χ1) is 11.5. The summed E-state index contributed by atoms with van der Waals surface area (Å²) in [4.78, 5) is 28.8. The number of nitrogens with zero attached hydrogens (tertiary/aromatic N) is 1. The molecule has 1 fully saturated rings. The number of aromatic nitrogens is 1. The molecule has 1 N–H and O–H groups in total.